The van der Waals surface area contributed by atoms with Crippen molar-refractivity contribution in [1.82, 2.24) is 0 Å². The molecule has 0 heterocycles. The van der Waals surface area contributed by atoms with Gasteiger partial charge in [-0.2, -0.15) is 0 Å². The maximum atomic E-state index is 14.9. The molecule has 0 saturated heterocycles. The third-order valence-corrected chi connectivity index (χ3v) is 5.51. The number of hydrogen-bond acceptors (Lipinski definition) is 1. The molecule has 0 bridgehead atoms. The fourth-order valence-corrected chi connectivity index (χ4v) is 3.82. The summed E-state index contributed by atoms with van der Waals surface area (Å²) in [6.07, 6.45) is 2.47. The van der Waals surface area contributed by atoms with Gasteiger partial charge >= 0.3 is 6.36 Å². The Bertz CT molecular complexity index is 940. The minimum absolute atomic E-state index is 0.187. The molecule has 0 radical (unpaired) electrons. The molecule has 3 rings (SSSR count). The van der Waals surface area contributed by atoms with Crippen LogP contribution in [-0.4, -0.2) is 6.36 Å². The molecule has 2 aromatic carbocycles. The van der Waals surface area contributed by atoms with E-state index in [1.165, 1.54) is 44.2 Å². The second kappa shape index (κ2) is 8.97. The molecule has 1 saturated carbocycles. The number of halogens is 4. The molecule has 0 atom stereocenters. The molecule has 0 aromatic heterocycles. The number of benzene rings is 2. The van der Waals surface area contributed by atoms with E-state index >= 15 is 0 Å². The van der Waals surface area contributed by atoms with E-state index in [4.69, 9.17) is 5.48 Å². The van der Waals surface area contributed by atoms with Gasteiger partial charge in [0, 0.05) is 5.56 Å². The van der Waals surface area contributed by atoms with Crippen LogP contribution in [-0.2, 0) is 6.42 Å². The van der Waals surface area contributed by atoms with Gasteiger partial charge in [0.2, 0.25) is 0 Å². The Balaban J connectivity index is 1.82. The van der Waals surface area contributed by atoms with Gasteiger partial charge < -0.3 is 4.74 Å². The Hall–Kier alpha value is -2.04. The molecule has 0 amide bonds. The van der Waals surface area contributed by atoms with Crippen molar-refractivity contribution in [3.8, 4) is 16.9 Å². The fourth-order valence-electron chi connectivity index (χ4n) is 3.82. The lowest BCUT2D eigenvalue weighted by atomic mass is 9.78. The fraction of sp³-hybridized carbons (Fsp3) is 0.478. The van der Waals surface area contributed by atoms with Crippen LogP contribution >= 0.6 is 0 Å². The normalized spacial score (nSPS) is 22.2. The number of alkyl halides is 3. The lowest BCUT2D eigenvalue weighted by Crippen LogP contribution is -2.16. The summed E-state index contributed by atoms with van der Waals surface area (Å²) in [5.74, 6) is -0.551. The molecule has 28 heavy (non-hydrogen) atoms. The van der Waals surface area contributed by atoms with Crippen LogP contribution in [0.4, 0.5) is 17.6 Å². The zero-order chi connectivity index (χ0) is 23.6. The quantitative estimate of drug-likeness (QED) is 0.457. The first-order valence-electron chi connectivity index (χ1n) is 11.7. The van der Waals surface area contributed by atoms with Crippen molar-refractivity contribution in [2.75, 3.05) is 0 Å². The highest BCUT2D eigenvalue weighted by molar-refractivity contribution is 5.65. The van der Waals surface area contributed by atoms with Crippen molar-refractivity contribution >= 4 is 0 Å². The van der Waals surface area contributed by atoms with E-state index in [9.17, 15) is 17.6 Å². The van der Waals surface area contributed by atoms with Gasteiger partial charge in [-0.1, -0.05) is 63.2 Å². The van der Waals surface area contributed by atoms with Crippen LogP contribution in [0.2, 0.25) is 0 Å². The first-order valence-corrected chi connectivity index (χ1v) is 9.66. The predicted octanol–water partition coefficient (Wildman–Crippen LogP) is 7.54. The summed E-state index contributed by atoms with van der Waals surface area (Å²) < 4.78 is 87.9. The molecule has 5 heteroatoms. The summed E-state index contributed by atoms with van der Waals surface area (Å²) in [5, 5.41) is 0. The van der Waals surface area contributed by atoms with Crippen LogP contribution in [0, 0.1) is 17.7 Å². The molecule has 0 aliphatic heterocycles. The van der Waals surface area contributed by atoms with Crippen LogP contribution in [0.3, 0.4) is 0 Å². The predicted molar refractivity (Wildman–Crippen MR) is 103 cm³/mol. The van der Waals surface area contributed by atoms with Crippen molar-refractivity contribution in [2.45, 2.75) is 58.2 Å². The molecule has 1 fully saturated rings. The Morgan fingerprint density at radius 2 is 1.68 bits per heavy atom. The van der Waals surface area contributed by atoms with E-state index in [1.807, 2.05) is 0 Å². The molecule has 0 spiro atoms. The van der Waals surface area contributed by atoms with E-state index in [0.29, 0.717) is 12.3 Å². The average Bonchev–Trinajstić information content (AvgIpc) is 2.75. The highest BCUT2D eigenvalue weighted by Crippen LogP contribution is 2.34. The van der Waals surface area contributed by atoms with Gasteiger partial charge in [0.1, 0.15) is 11.6 Å². The molecule has 0 N–H and O–H groups in total. The number of hydrogen-bond donors (Lipinski definition) is 0. The van der Waals surface area contributed by atoms with Crippen LogP contribution in [0.25, 0.3) is 11.1 Å². The zero-order valence-electron chi connectivity index (χ0n) is 19.8. The third-order valence-electron chi connectivity index (χ3n) is 5.51. The topological polar surface area (TPSA) is 9.23 Å². The van der Waals surface area contributed by atoms with Crippen molar-refractivity contribution in [3.63, 3.8) is 0 Å². The smallest absolute Gasteiger partial charge is 0.406 e. The standard InChI is InChI=1S/C23H26F4O/c1-2-16-3-5-17(6-4-16)7-8-18-9-14-21(22(24)15-18)19-10-12-20(13-11-19)28-23(25,26)27/h9-17H,2-8H2,1H3/i10D,11D,12D,13D. The summed E-state index contributed by atoms with van der Waals surface area (Å²) >= 11 is 0. The minimum Gasteiger partial charge on any atom is -0.406 e. The minimum atomic E-state index is -5.17. The first kappa shape index (κ1) is 15.8. The Morgan fingerprint density at radius 3 is 2.25 bits per heavy atom. The highest BCUT2D eigenvalue weighted by Gasteiger charge is 2.31. The van der Waals surface area contributed by atoms with Gasteiger partial charge in [0.25, 0.3) is 0 Å². The molecule has 1 aliphatic rings. The van der Waals surface area contributed by atoms with E-state index in [2.05, 4.69) is 11.7 Å². The van der Waals surface area contributed by atoms with Gasteiger partial charge in [0.15, 0.2) is 0 Å². The summed E-state index contributed by atoms with van der Waals surface area (Å²) in [6, 6.07) is 0.748. The highest BCUT2D eigenvalue weighted by atomic mass is 19.4. The van der Waals surface area contributed by atoms with Gasteiger partial charge in [-0.3, -0.25) is 0 Å². The van der Waals surface area contributed by atoms with Crippen molar-refractivity contribution in [3.05, 3.63) is 53.7 Å². The molecular weight excluding hydrogens is 368 g/mol. The Morgan fingerprint density at radius 1 is 1.04 bits per heavy atom. The maximum absolute atomic E-state index is 14.9. The van der Waals surface area contributed by atoms with Crippen molar-refractivity contribution in [2.24, 2.45) is 11.8 Å². The molecule has 1 aliphatic carbocycles. The van der Waals surface area contributed by atoms with Crippen LogP contribution in [0.5, 0.6) is 5.75 Å². The summed E-state index contributed by atoms with van der Waals surface area (Å²) in [4.78, 5) is 0. The monoisotopic (exact) mass is 398 g/mol. The molecule has 152 valence electrons. The number of ether oxygens (including phenoxy) is 1. The lowest BCUT2D eigenvalue weighted by Gasteiger charge is -2.27. The second-order valence-electron chi connectivity index (χ2n) is 7.40. The molecule has 0 unspecified atom stereocenters. The molecular formula is C23H26F4O. The van der Waals surface area contributed by atoms with Crippen molar-refractivity contribution in [1.29, 1.82) is 0 Å². The van der Waals surface area contributed by atoms with Crippen LogP contribution in [0.15, 0.2) is 42.4 Å². The second-order valence-corrected chi connectivity index (χ2v) is 7.40. The van der Waals surface area contributed by atoms with E-state index in [1.54, 1.807) is 6.07 Å². The summed E-state index contributed by atoms with van der Waals surface area (Å²) in [6.45, 7) is 2.21. The van der Waals surface area contributed by atoms with Gasteiger partial charge in [-0.25, -0.2) is 4.39 Å². The first-order chi connectivity index (χ1) is 15.0. The average molecular weight is 398 g/mol. The number of aryl methyl sites for hydroxylation is 1. The molecule has 2 aromatic rings. The van der Waals surface area contributed by atoms with E-state index in [0.717, 1.165) is 17.9 Å². The lowest BCUT2D eigenvalue weighted by molar-refractivity contribution is -0.274. The van der Waals surface area contributed by atoms with Crippen LogP contribution in [0.1, 0.15) is 56.5 Å². The van der Waals surface area contributed by atoms with Crippen LogP contribution < -0.4 is 4.74 Å². The van der Waals surface area contributed by atoms with E-state index < -0.39 is 47.7 Å². The maximum Gasteiger partial charge on any atom is 0.573 e. The Kier molecular flexibility index (Phi) is 5.07. The SMILES string of the molecule is [2H]c1c([2H])c(-c2ccc(CCC3CCC(CC)CC3)cc2F)c([2H])c([2H])c1OC(F)(F)F. The largest absolute Gasteiger partial charge is 0.573 e. The van der Waals surface area contributed by atoms with Crippen molar-refractivity contribution < 1.29 is 27.8 Å². The summed E-state index contributed by atoms with van der Waals surface area (Å²) in [7, 11) is 0. The van der Waals surface area contributed by atoms with E-state index in [-0.39, 0.29) is 5.56 Å². The van der Waals surface area contributed by atoms with Gasteiger partial charge in [-0.05, 0) is 54.0 Å². The van der Waals surface area contributed by atoms with Gasteiger partial charge in [-0.15, -0.1) is 13.2 Å². The summed E-state index contributed by atoms with van der Waals surface area (Å²) in [5.41, 5.74) is 0.181. The third kappa shape index (κ3) is 5.73. The number of rotatable bonds is 6. The Labute approximate surface area is 169 Å². The molecule has 1 nitrogen and oxygen atoms in total. The van der Waals surface area contributed by atoms with Gasteiger partial charge in [0.05, 0.1) is 5.48 Å². The zero-order valence-corrected chi connectivity index (χ0v) is 15.8.